The van der Waals surface area contributed by atoms with Crippen LogP contribution in [-0.2, 0) is 6.54 Å². The Kier molecular flexibility index (Phi) is 3.08. The van der Waals surface area contributed by atoms with E-state index in [1.165, 1.54) is 24.5 Å². The molecule has 1 aromatic carbocycles. The molecule has 17 heavy (non-hydrogen) atoms. The average molecular weight is 254 g/mol. The molecular weight excluding hydrogens is 246 g/mol. The van der Waals surface area contributed by atoms with Gasteiger partial charge in [-0.05, 0) is 6.07 Å². The van der Waals surface area contributed by atoms with Gasteiger partial charge in [0.1, 0.15) is 11.8 Å². The minimum absolute atomic E-state index is 0.0998. The van der Waals surface area contributed by atoms with Crippen molar-refractivity contribution in [2.24, 2.45) is 5.73 Å². The highest BCUT2D eigenvalue weighted by molar-refractivity contribution is 6.33. The van der Waals surface area contributed by atoms with E-state index in [0.29, 0.717) is 5.69 Å². The summed E-state index contributed by atoms with van der Waals surface area (Å²) in [6.07, 6.45) is 1.35. The van der Waals surface area contributed by atoms with Crippen LogP contribution in [0.3, 0.4) is 0 Å². The van der Waals surface area contributed by atoms with Gasteiger partial charge < -0.3 is 10.2 Å². The molecular formula is C10H8ClN3O3. The van der Waals surface area contributed by atoms with Crippen molar-refractivity contribution in [3.63, 3.8) is 0 Å². The van der Waals surface area contributed by atoms with Gasteiger partial charge in [-0.1, -0.05) is 17.7 Å². The minimum Gasteiger partial charge on any atom is -0.444 e. The Balaban J connectivity index is 2.61. The molecule has 7 heteroatoms. The lowest BCUT2D eigenvalue weighted by molar-refractivity contribution is -0.384. The van der Waals surface area contributed by atoms with Crippen LogP contribution in [0.25, 0.3) is 11.5 Å². The molecule has 1 heterocycles. The molecule has 6 nitrogen and oxygen atoms in total. The third-order valence-corrected chi connectivity index (χ3v) is 2.48. The van der Waals surface area contributed by atoms with Crippen molar-refractivity contribution in [2.75, 3.05) is 0 Å². The van der Waals surface area contributed by atoms with E-state index in [2.05, 4.69) is 4.98 Å². The average Bonchev–Trinajstić information content (AvgIpc) is 2.76. The highest BCUT2D eigenvalue weighted by atomic mass is 35.5. The second-order valence-electron chi connectivity index (χ2n) is 3.24. The monoisotopic (exact) mass is 253 g/mol. The number of aromatic nitrogens is 1. The number of rotatable bonds is 3. The second-order valence-corrected chi connectivity index (χ2v) is 3.65. The normalized spacial score (nSPS) is 10.5. The first-order valence-electron chi connectivity index (χ1n) is 4.71. The number of hydrogen-bond donors (Lipinski definition) is 1. The van der Waals surface area contributed by atoms with Crippen LogP contribution in [0.4, 0.5) is 5.69 Å². The SMILES string of the molecule is NCc1coc(-c2c(Cl)cccc2[N+](=O)[O-])n1. The van der Waals surface area contributed by atoms with Crippen LogP contribution in [0.2, 0.25) is 5.02 Å². The summed E-state index contributed by atoms with van der Waals surface area (Å²) in [5, 5.41) is 11.1. The van der Waals surface area contributed by atoms with E-state index >= 15 is 0 Å². The van der Waals surface area contributed by atoms with Gasteiger partial charge in [-0.2, -0.15) is 0 Å². The Morgan fingerprint density at radius 2 is 2.29 bits per heavy atom. The van der Waals surface area contributed by atoms with Crippen LogP contribution in [0.1, 0.15) is 5.69 Å². The molecule has 0 spiro atoms. The van der Waals surface area contributed by atoms with Crippen molar-refractivity contribution in [2.45, 2.75) is 6.54 Å². The van der Waals surface area contributed by atoms with Crippen molar-refractivity contribution >= 4 is 17.3 Å². The molecule has 0 bridgehead atoms. The largest absolute Gasteiger partial charge is 0.444 e. The van der Waals surface area contributed by atoms with Gasteiger partial charge in [0.2, 0.25) is 5.89 Å². The number of nitro groups is 1. The maximum Gasteiger partial charge on any atom is 0.283 e. The Hall–Kier alpha value is -1.92. The third kappa shape index (κ3) is 2.13. The van der Waals surface area contributed by atoms with Gasteiger partial charge in [-0.15, -0.1) is 0 Å². The van der Waals surface area contributed by atoms with Crippen molar-refractivity contribution in [1.29, 1.82) is 0 Å². The van der Waals surface area contributed by atoms with Crippen molar-refractivity contribution in [3.8, 4) is 11.5 Å². The minimum atomic E-state index is -0.534. The lowest BCUT2D eigenvalue weighted by Gasteiger charge is -2.00. The van der Waals surface area contributed by atoms with Crippen LogP contribution in [-0.4, -0.2) is 9.91 Å². The lowest BCUT2D eigenvalue weighted by atomic mass is 10.2. The smallest absolute Gasteiger partial charge is 0.283 e. The fourth-order valence-corrected chi connectivity index (χ4v) is 1.64. The first kappa shape index (κ1) is 11.6. The van der Waals surface area contributed by atoms with E-state index < -0.39 is 4.92 Å². The van der Waals surface area contributed by atoms with E-state index in [1.54, 1.807) is 0 Å². The molecule has 0 aliphatic heterocycles. The molecule has 0 fully saturated rings. The number of nitro benzene ring substituents is 1. The van der Waals surface area contributed by atoms with Gasteiger partial charge in [0.05, 0.1) is 15.6 Å². The molecule has 0 atom stereocenters. The molecule has 0 amide bonds. The molecule has 1 aromatic heterocycles. The molecule has 2 N–H and O–H groups in total. The van der Waals surface area contributed by atoms with Crippen LogP contribution >= 0.6 is 11.6 Å². The molecule has 2 rings (SSSR count). The van der Waals surface area contributed by atoms with Crippen LogP contribution < -0.4 is 5.73 Å². The summed E-state index contributed by atoms with van der Waals surface area (Å²) in [5.41, 5.74) is 5.91. The van der Waals surface area contributed by atoms with E-state index in [9.17, 15) is 10.1 Å². The van der Waals surface area contributed by atoms with E-state index in [0.717, 1.165) is 0 Å². The Morgan fingerprint density at radius 1 is 1.53 bits per heavy atom. The summed E-state index contributed by atoms with van der Waals surface area (Å²) >= 11 is 5.92. The molecule has 0 saturated carbocycles. The van der Waals surface area contributed by atoms with Gasteiger partial charge in [0.15, 0.2) is 0 Å². The van der Waals surface area contributed by atoms with E-state index in [1.807, 2.05) is 0 Å². The van der Waals surface area contributed by atoms with Crippen LogP contribution in [0.15, 0.2) is 28.9 Å². The topological polar surface area (TPSA) is 95.2 Å². The van der Waals surface area contributed by atoms with E-state index in [4.69, 9.17) is 21.8 Å². The van der Waals surface area contributed by atoms with Gasteiger partial charge in [-0.25, -0.2) is 4.98 Å². The second kappa shape index (κ2) is 4.52. The predicted octanol–water partition coefficient (Wildman–Crippen LogP) is 2.36. The van der Waals surface area contributed by atoms with Gasteiger partial charge in [-0.3, -0.25) is 10.1 Å². The molecule has 0 aliphatic carbocycles. The van der Waals surface area contributed by atoms with Gasteiger partial charge >= 0.3 is 0 Å². The zero-order valence-electron chi connectivity index (χ0n) is 8.59. The van der Waals surface area contributed by atoms with Crippen LogP contribution in [0, 0.1) is 10.1 Å². The molecule has 0 unspecified atom stereocenters. The van der Waals surface area contributed by atoms with Crippen molar-refractivity contribution < 1.29 is 9.34 Å². The summed E-state index contributed by atoms with van der Waals surface area (Å²) in [5.74, 6) is 0.0998. The summed E-state index contributed by atoms with van der Waals surface area (Å²) in [7, 11) is 0. The van der Waals surface area contributed by atoms with Crippen molar-refractivity contribution in [3.05, 3.63) is 45.3 Å². The lowest BCUT2D eigenvalue weighted by Crippen LogP contribution is -1.96. The van der Waals surface area contributed by atoms with Gasteiger partial charge in [0, 0.05) is 12.6 Å². The van der Waals surface area contributed by atoms with Crippen LogP contribution in [0.5, 0.6) is 0 Å². The maximum absolute atomic E-state index is 10.9. The molecule has 88 valence electrons. The number of nitrogens with two attached hydrogens (primary N) is 1. The summed E-state index contributed by atoms with van der Waals surface area (Å²) in [4.78, 5) is 14.4. The molecule has 0 radical (unpaired) electrons. The Labute approximate surface area is 101 Å². The number of benzene rings is 1. The van der Waals surface area contributed by atoms with Gasteiger partial charge in [0.25, 0.3) is 5.69 Å². The Morgan fingerprint density at radius 3 is 2.88 bits per heavy atom. The summed E-state index contributed by atoms with van der Waals surface area (Å²) < 4.78 is 5.13. The first-order valence-corrected chi connectivity index (χ1v) is 5.09. The number of halogens is 1. The molecule has 2 aromatic rings. The quantitative estimate of drug-likeness (QED) is 0.669. The maximum atomic E-state index is 10.9. The Bertz CT molecular complexity index is 568. The predicted molar refractivity (Wildman–Crippen MR) is 61.5 cm³/mol. The third-order valence-electron chi connectivity index (χ3n) is 2.16. The number of oxazole rings is 1. The van der Waals surface area contributed by atoms with Crippen molar-refractivity contribution in [1.82, 2.24) is 4.98 Å². The fraction of sp³-hybridized carbons (Fsp3) is 0.100. The number of hydrogen-bond acceptors (Lipinski definition) is 5. The highest BCUT2D eigenvalue weighted by Gasteiger charge is 2.22. The summed E-state index contributed by atoms with van der Waals surface area (Å²) in [6.45, 7) is 0.196. The molecule has 0 aliphatic rings. The molecule has 0 saturated heterocycles. The van der Waals surface area contributed by atoms with E-state index in [-0.39, 0.29) is 28.7 Å². The first-order chi connectivity index (χ1) is 8.13. The standard InChI is InChI=1S/C10H8ClN3O3/c11-7-2-1-3-8(14(15)16)9(7)10-13-6(4-12)5-17-10/h1-3,5H,4,12H2. The number of nitrogens with zero attached hydrogens (tertiary/aromatic N) is 2. The fourth-order valence-electron chi connectivity index (χ4n) is 1.39. The zero-order chi connectivity index (χ0) is 12.4. The highest BCUT2D eigenvalue weighted by Crippen LogP contribution is 2.35. The zero-order valence-corrected chi connectivity index (χ0v) is 9.35. The summed E-state index contributed by atoms with van der Waals surface area (Å²) in [6, 6.07) is 4.38.